The van der Waals surface area contributed by atoms with Gasteiger partial charge in [-0.15, -0.1) is 0 Å². The number of carbonyl (C=O) groups is 1. The van der Waals surface area contributed by atoms with Crippen LogP contribution in [0.4, 0.5) is 17.6 Å². The second-order valence-corrected chi connectivity index (χ2v) is 4.42. The number of rotatable bonds is 2. The van der Waals surface area contributed by atoms with Gasteiger partial charge in [0.05, 0.1) is 5.56 Å². The smallest absolute Gasteiger partial charge is 0.289 e. The molecular weight excluding hydrogens is 272 g/mol. The zero-order valence-corrected chi connectivity index (χ0v) is 10.5. The third kappa shape index (κ3) is 3.04. The van der Waals surface area contributed by atoms with Crippen molar-refractivity contribution >= 4 is 5.78 Å². The summed E-state index contributed by atoms with van der Waals surface area (Å²) in [5, 5.41) is 0. The Kier molecular flexibility index (Phi) is 3.61. The van der Waals surface area contributed by atoms with Crippen LogP contribution in [0.5, 0.6) is 0 Å². The topological polar surface area (TPSA) is 17.1 Å². The molecular formula is C15H10F4O. The molecule has 0 aliphatic carbocycles. The third-order valence-corrected chi connectivity index (χ3v) is 2.80. The summed E-state index contributed by atoms with van der Waals surface area (Å²) < 4.78 is 51.0. The van der Waals surface area contributed by atoms with Crippen LogP contribution in [0.2, 0.25) is 0 Å². The van der Waals surface area contributed by atoms with Crippen molar-refractivity contribution in [2.75, 3.05) is 0 Å². The number of aryl methyl sites for hydroxylation is 1. The van der Waals surface area contributed by atoms with Crippen LogP contribution < -0.4 is 0 Å². The minimum Gasteiger partial charge on any atom is -0.289 e. The van der Waals surface area contributed by atoms with E-state index in [0.29, 0.717) is 12.1 Å². The van der Waals surface area contributed by atoms with E-state index in [1.54, 1.807) is 12.1 Å². The first-order chi connectivity index (χ1) is 9.27. The van der Waals surface area contributed by atoms with Gasteiger partial charge in [-0.25, -0.2) is 4.39 Å². The lowest BCUT2D eigenvalue weighted by Gasteiger charge is -2.09. The maximum absolute atomic E-state index is 13.2. The lowest BCUT2D eigenvalue weighted by Crippen LogP contribution is -2.09. The molecule has 0 spiro atoms. The van der Waals surface area contributed by atoms with E-state index in [-0.39, 0.29) is 11.1 Å². The van der Waals surface area contributed by atoms with Gasteiger partial charge in [0.25, 0.3) is 0 Å². The van der Waals surface area contributed by atoms with Crippen molar-refractivity contribution in [2.24, 2.45) is 0 Å². The Balaban J connectivity index is 2.45. The quantitative estimate of drug-likeness (QED) is 0.590. The molecule has 0 saturated carbocycles. The van der Waals surface area contributed by atoms with Crippen molar-refractivity contribution in [3.8, 4) is 0 Å². The van der Waals surface area contributed by atoms with Crippen molar-refractivity contribution in [3.05, 3.63) is 70.5 Å². The lowest BCUT2D eigenvalue weighted by atomic mass is 10.00. The summed E-state index contributed by atoms with van der Waals surface area (Å²) in [6.45, 7) is 1.82. The van der Waals surface area contributed by atoms with Gasteiger partial charge < -0.3 is 0 Å². The maximum Gasteiger partial charge on any atom is 0.416 e. The molecule has 0 N–H and O–H groups in total. The van der Waals surface area contributed by atoms with Crippen LogP contribution in [0.3, 0.4) is 0 Å². The number of hydrogen-bond donors (Lipinski definition) is 0. The third-order valence-electron chi connectivity index (χ3n) is 2.80. The Morgan fingerprint density at radius 3 is 2.10 bits per heavy atom. The van der Waals surface area contributed by atoms with E-state index in [1.165, 1.54) is 12.1 Å². The fourth-order valence-electron chi connectivity index (χ4n) is 1.76. The number of ketones is 1. The maximum atomic E-state index is 13.2. The number of halogens is 4. The van der Waals surface area contributed by atoms with Crippen molar-refractivity contribution in [3.63, 3.8) is 0 Å². The molecule has 2 aromatic carbocycles. The van der Waals surface area contributed by atoms with Gasteiger partial charge in [-0.2, -0.15) is 13.2 Å². The predicted octanol–water partition coefficient (Wildman–Crippen LogP) is 4.38. The Morgan fingerprint density at radius 2 is 1.55 bits per heavy atom. The SMILES string of the molecule is Cc1ccc(C(=O)c2cc(F)cc(C(F)(F)F)c2)cc1. The molecule has 20 heavy (non-hydrogen) atoms. The molecule has 0 aliphatic heterocycles. The Bertz CT molecular complexity index is 642. The average molecular weight is 282 g/mol. The zero-order chi connectivity index (χ0) is 14.9. The Morgan fingerprint density at radius 1 is 0.950 bits per heavy atom. The molecule has 0 bridgehead atoms. The molecule has 0 amide bonds. The van der Waals surface area contributed by atoms with E-state index in [0.717, 1.165) is 11.6 Å². The van der Waals surface area contributed by atoms with Crippen molar-refractivity contribution < 1.29 is 22.4 Å². The van der Waals surface area contributed by atoms with Crippen molar-refractivity contribution in [2.45, 2.75) is 13.1 Å². The standard InChI is InChI=1S/C15H10F4O/c1-9-2-4-10(5-3-9)14(20)11-6-12(15(17,18)19)8-13(16)7-11/h2-8H,1H3. The summed E-state index contributed by atoms with van der Waals surface area (Å²) in [6.07, 6.45) is -4.69. The second kappa shape index (κ2) is 5.07. The van der Waals surface area contributed by atoms with Gasteiger partial charge in [0.15, 0.2) is 5.78 Å². The molecule has 2 aromatic rings. The normalized spacial score (nSPS) is 11.4. The summed E-state index contributed by atoms with van der Waals surface area (Å²) in [6, 6.07) is 8.15. The van der Waals surface area contributed by atoms with Crippen LogP contribution in [0.15, 0.2) is 42.5 Å². The summed E-state index contributed by atoms with van der Waals surface area (Å²) in [4.78, 5) is 12.1. The zero-order valence-electron chi connectivity index (χ0n) is 10.5. The lowest BCUT2D eigenvalue weighted by molar-refractivity contribution is -0.137. The van der Waals surface area contributed by atoms with Crippen molar-refractivity contribution in [1.29, 1.82) is 0 Å². The summed E-state index contributed by atoms with van der Waals surface area (Å²) in [5.74, 6) is -1.73. The minimum atomic E-state index is -4.69. The summed E-state index contributed by atoms with van der Waals surface area (Å²) in [5.41, 5.74) is -0.361. The largest absolute Gasteiger partial charge is 0.416 e. The Hall–Kier alpha value is -2.17. The first-order valence-corrected chi connectivity index (χ1v) is 5.76. The van der Waals surface area contributed by atoms with Gasteiger partial charge in [-0.1, -0.05) is 29.8 Å². The molecule has 1 nitrogen and oxygen atoms in total. The predicted molar refractivity (Wildman–Crippen MR) is 66.0 cm³/mol. The number of alkyl halides is 3. The average Bonchev–Trinajstić information content (AvgIpc) is 2.37. The molecule has 0 saturated heterocycles. The van der Waals surface area contributed by atoms with E-state index in [1.807, 2.05) is 6.92 Å². The molecule has 2 rings (SSSR count). The number of benzene rings is 2. The van der Waals surface area contributed by atoms with Crippen LogP contribution >= 0.6 is 0 Å². The molecule has 5 heteroatoms. The highest BCUT2D eigenvalue weighted by molar-refractivity contribution is 6.09. The molecule has 0 atom stereocenters. The van der Waals surface area contributed by atoms with Crippen LogP contribution in [-0.4, -0.2) is 5.78 Å². The van der Waals surface area contributed by atoms with Gasteiger partial charge in [-0.05, 0) is 25.1 Å². The van der Waals surface area contributed by atoms with Gasteiger partial charge >= 0.3 is 6.18 Å². The van der Waals surface area contributed by atoms with Crippen LogP contribution in [0.25, 0.3) is 0 Å². The van der Waals surface area contributed by atoms with Gasteiger partial charge in [0.2, 0.25) is 0 Å². The highest BCUT2D eigenvalue weighted by atomic mass is 19.4. The molecule has 0 fully saturated rings. The molecule has 0 radical (unpaired) electrons. The van der Waals surface area contributed by atoms with E-state index < -0.39 is 23.3 Å². The van der Waals surface area contributed by atoms with E-state index in [2.05, 4.69) is 0 Å². The summed E-state index contributed by atoms with van der Waals surface area (Å²) in [7, 11) is 0. The fraction of sp³-hybridized carbons (Fsp3) is 0.133. The molecule has 0 heterocycles. The molecule has 104 valence electrons. The number of hydrogen-bond acceptors (Lipinski definition) is 1. The highest BCUT2D eigenvalue weighted by Crippen LogP contribution is 2.30. The van der Waals surface area contributed by atoms with Crippen LogP contribution in [-0.2, 0) is 6.18 Å². The van der Waals surface area contributed by atoms with Gasteiger partial charge in [-0.3, -0.25) is 4.79 Å². The second-order valence-electron chi connectivity index (χ2n) is 4.42. The summed E-state index contributed by atoms with van der Waals surface area (Å²) >= 11 is 0. The minimum absolute atomic E-state index is 0.217. The fourth-order valence-corrected chi connectivity index (χ4v) is 1.76. The van der Waals surface area contributed by atoms with Crippen LogP contribution in [0, 0.1) is 12.7 Å². The van der Waals surface area contributed by atoms with E-state index in [4.69, 9.17) is 0 Å². The van der Waals surface area contributed by atoms with Gasteiger partial charge in [0.1, 0.15) is 5.82 Å². The molecule has 0 aliphatic rings. The Labute approximate surface area is 112 Å². The molecule has 0 unspecified atom stereocenters. The monoisotopic (exact) mass is 282 g/mol. The van der Waals surface area contributed by atoms with Gasteiger partial charge in [0, 0.05) is 11.1 Å². The molecule has 0 aromatic heterocycles. The highest BCUT2D eigenvalue weighted by Gasteiger charge is 2.32. The first kappa shape index (κ1) is 14.2. The van der Waals surface area contributed by atoms with Crippen LogP contribution in [0.1, 0.15) is 27.0 Å². The number of carbonyl (C=O) groups excluding carboxylic acids is 1. The first-order valence-electron chi connectivity index (χ1n) is 5.76. The van der Waals surface area contributed by atoms with E-state index >= 15 is 0 Å². The van der Waals surface area contributed by atoms with E-state index in [9.17, 15) is 22.4 Å². The van der Waals surface area contributed by atoms with Crippen molar-refractivity contribution in [1.82, 2.24) is 0 Å².